The summed E-state index contributed by atoms with van der Waals surface area (Å²) >= 11 is 0. The van der Waals surface area contributed by atoms with Gasteiger partial charge in [-0.2, -0.15) is 0 Å². The number of hydrogen-bond acceptors (Lipinski definition) is 3. The van der Waals surface area contributed by atoms with E-state index in [0.717, 1.165) is 29.8 Å². The summed E-state index contributed by atoms with van der Waals surface area (Å²) < 4.78 is 0. The van der Waals surface area contributed by atoms with Gasteiger partial charge in [-0.25, -0.2) is 0 Å². The van der Waals surface area contributed by atoms with E-state index in [2.05, 4.69) is 5.32 Å². The van der Waals surface area contributed by atoms with Gasteiger partial charge in [0.2, 0.25) is 11.8 Å². The van der Waals surface area contributed by atoms with E-state index < -0.39 is 0 Å². The van der Waals surface area contributed by atoms with Gasteiger partial charge in [0.1, 0.15) is 0 Å². The van der Waals surface area contributed by atoms with Crippen LogP contribution in [0.15, 0.2) is 18.2 Å². The average molecular weight is 296 g/mol. The van der Waals surface area contributed by atoms with Crippen molar-refractivity contribution in [3.63, 3.8) is 0 Å². The molecule has 1 atom stereocenters. The van der Waals surface area contributed by atoms with Crippen LogP contribution in [0.4, 0.5) is 11.4 Å². The highest BCUT2D eigenvalue weighted by Crippen LogP contribution is 2.32. The first-order chi connectivity index (χ1) is 9.16. The maximum atomic E-state index is 12.5. The predicted octanol–water partition coefficient (Wildman–Crippen LogP) is 1.11. The minimum absolute atomic E-state index is 0. The normalized spacial score (nSPS) is 20.9. The summed E-state index contributed by atoms with van der Waals surface area (Å²) in [5.74, 6) is -0.243. The van der Waals surface area contributed by atoms with E-state index >= 15 is 0 Å². The summed E-state index contributed by atoms with van der Waals surface area (Å²) in [6, 6.07) is 5.68. The Bertz CT molecular complexity index is 547. The zero-order chi connectivity index (χ0) is 13.4. The SMILES string of the molecule is Cl.Nc1cccc2c1CCCN2C(=O)C1CNC(=O)C1. The molecule has 0 bridgehead atoms. The average Bonchev–Trinajstić information content (AvgIpc) is 2.85. The number of anilines is 2. The number of fused-ring (bicyclic) bond motifs is 1. The molecule has 0 saturated carbocycles. The van der Waals surface area contributed by atoms with Crippen molar-refractivity contribution in [1.82, 2.24) is 5.32 Å². The molecule has 3 N–H and O–H groups in total. The lowest BCUT2D eigenvalue weighted by atomic mass is 9.97. The third kappa shape index (κ3) is 2.45. The fraction of sp³-hybridized carbons (Fsp3) is 0.429. The second-order valence-electron chi connectivity index (χ2n) is 5.14. The number of benzene rings is 1. The lowest BCUT2D eigenvalue weighted by molar-refractivity contribution is -0.124. The lowest BCUT2D eigenvalue weighted by Gasteiger charge is -2.31. The van der Waals surface area contributed by atoms with Crippen molar-refractivity contribution in [2.45, 2.75) is 19.3 Å². The summed E-state index contributed by atoms with van der Waals surface area (Å²) in [7, 11) is 0. The van der Waals surface area contributed by atoms with Crippen LogP contribution >= 0.6 is 12.4 Å². The Morgan fingerprint density at radius 2 is 2.20 bits per heavy atom. The van der Waals surface area contributed by atoms with E-state index in [1.54, 1.807) is 4.90 Å². The number of halogens is 1. The van der Waals surface area contributed by atoms with Crippen molar-refractivity contribution in [2.75, 3.05) is 23.7 Å². The Morgan fingerprint density at radius 3 is 2.90 bits per heavy atom. The molecule has 2 heterocycles. The van der Waals surface area contributed by atoms with Crippen LogP contribution in [0.1, 0.15) is 18.4 Å². The van der Waals surface area contributed by atoms with Crippen molar-refractivity contribution < 1.29 is 9.59 Å². The van der Waals surface area contributed by atoms with Crippen molar-refractivity contribution in [3.8, 4) is 0 Å². The molecular weight excluding hydrogens is 278 g/mol. The summed E-state index contributed by atoms with van der Waals surface area (Å²) in [6.07, 6.45) is 2.13. The van der Waals surface area contributed by atoms with Gasteiger partial charge in [-0.05, 0) is 30.5 Å². The molecule has 3 rings (SSSR count). The summed E-state index contributed by atoms with van der Waals surface area (Å²) in [5.41, 5.74) is 8.69. The standard InChI is InChI=1S/C14H17N3O2.ClH/c15-11-4-1-5-12-10(11)3-2-6-17(12)14(19)9-7-13(18)16-8-9;/h1,4-5,9H,2-3,6-8,15H2,(H,16,18);1H. The molecule has 5 nitrogen and oxygen atoms in total. The van der Waals surface area contributed by atoms with Crippen LogP contribution < -0.4 is 16.0 Å². The van der Waals surface area contributed by atoms with E-state index in [1.807, 2.05) is 18.2 Å². The zero-order valence-electron chi connectivity index (χ0n) is 11.1. The third-order valence-electron chi connectivity index (χ3n) is 3.88. The first-order valence-corrected chi connectivity index (χ1v) is 6.62. The highest BCUT2D eigenvalue weighted by molar-refractivity contribution is 6.00. The van der Waals surface area contributed by atoms with Crippen LogP contribution in [0.25, 0.3) is 0 Å². The smallest absolute Gasteiger partial charge is 0.232 e. The zero-order valence-corrected chi connectivity index (χ0v) is 11.9. The number of carbonyl (C=O) groups is 2. The summed E-state index contributed by atoms with van der Waals surface area (Å²) in [5, 5.41) is 2.71. The first kappa shape index (κ1) is 14.7. The lowest BCUT2D eigenvalue weighted by Crippen LogP contribution is -2.40. The number of nitrogens with zero attached hydrogens (tertiary/aromatic N) is 1. The molecule has 0 aliphatic carbocycles. The molecule has 2 aliphatic heterocycles. The third-order valence-corrected chi connectivity index (χ3v) is 3.88. The molecule has 2 amide bonds. The molecule has 1 saturated heterocycles. The Kier molecular flexibility index (Phi) is 4.18. The van der Waals surface area contributed by atoms with E-state index in [-0.39, 0.29) is 30.1 Å². The molecule has 20 heavy (non-hydrogen) atoms. The summed E-state index contributed by atoms with van der Waals surface area (Å²) in [4.78, 5) is 25.5. The van der Waals surface area contributed by atoms with Gasteiger partial charge >= 0.3 is 0 Å². The van der Waals surface area contributed by atoms with Gasteiger partial charge in [-0.1, -0.05) is 6.07 Å². The Labute approximate surface area is 123 Å². The number of nitrogens with two attached hydrogens (primary N) is 1. The molecule has 2 aliphatic rings. The predicted molar refractivity (Wildman–Crippen MR) is 79.9 cm³/mol. The van der Waals surface area contributed by atoms with E-state index in [4.69, 9.17) is 5.73 Å². The summed E-state index contributed by atoms with van der Waals surface area (Å²) in [6.45, 7) is 1.16. The highest BCUT2D eigenvalue weighted by Gasteiger charge is 2.33. The van der Waals surface area contributed by atoms with Gasteiger partial charge in [0.15, 0.2) is 0 Å². The number of nitrogens with one attached hydrogen (secondary N) is 1. The fourth-order valence-electron chi connectivity index (χ4n) is 2.88. The number of hydrogen-bond donors (Lipinski definition) is 2. The topological polar surface area (TPSA) is 75.4 Å². The van der Waals surface area contributed by atoms with Gasteiger partial charge in [0.25, 0.3) is 0 Å². The second kappa shape index (κ2) is 5.71. The van der Waals surface area contributed by atoms with Crippen molar-refractivity contribution in [2.24, 2.45) is 5.92 Å². The number of amides is 2. The number of nitrogen functional groups attached to an aromatic ring is 1. The van der Waals surface area contributed by atoms with Crippen LogP contribution in [0.3, 0.4) is 0 Å². The largest absolute Gasteiger partial charge is 0.398 e. The van der Waals surface area contributed by atoms with Gasteiger partial charge in [0, 0.05) is 30.9 Å². The second-order valence-corrected chi connectivity index (χ2v) is 5.14. The molecule has 108 valence electrons. The Balaban J connectivity index is 0.00000147. The van der Waals surface area contributed by atoms with Crippen molar-refractivity contribution in [1.29, 1.82) is 0 Å². The van der Waals surface area contributed by atoms with Crippen molar-refractivity contribution in [3.05, 3.63) is 23.8 Å². The number of carbonyl (C=O) groups excluding carboxylic acids is 2. The highest BCUT2D eigenvalue weighted by atomic mass is 35.5. The van der Waals surface area contributed by atoms with Crippen molar-refractivity contribution >= 4 is 35.6 Å². The Morgan fingerprint density at radius 1 is 1.40 bits per heavy atom. The first-order valence-electron chi connectivity index (χ1n) is 6.62. The molecule has 1 aromatic rings. The molecular formula is C14H18ClN3O2. The molecule has 0 spiro atoms. The van der Waals surface area contributed by atoms with Crippen LogP contribution in [-0.4, -0.2) is 24.9 Å². The van der Waals surface area contributed by atoms with Crippen LogP contribution in [0, 0.1) is 5.92 Å². The van der Waals surface area contributed by atoms with Gasteiger partial charge in [-0.15, -0.1) is 12.4 Å². The van der Waals surface area contributed by atoms with Crippen LogP contribution in [0.5, 0.6) is 0 Å². The maximum Gasteiger partial charge on any atom is 0.232 e. The molecule has 6 heteroatoms. The van der Waals surface area contributed by atoms with E-state index in [1.165, 1.54) is 0 Å². The van der Waals surface area contributed by atoms with E-state index in [9.17, 15) is 9.59 Å². The molecule has 1 aromatic carbocycles. The van der Waals surface area contributed by atoms with Gasteiger partial charge < -0.3 is 16.0 Å². The molecule has 0 radical (unpaired) electrons. The maximum absolute atomic E-state index is 12.5. The molecule has 1 fully saturated rings. The number of rotatable bonds is 1. The Hall–Kier alpha value is -1.75. The van der Waals surface area contributed by atoms with E-state index in [0.29, 0.717) is 19.5 Å². The van der Waals surface area contributed by atoms with Gasteiger partial charge in [0.05, 0.1) is 5.92 Å². The van der Waals surface area contributed by atoms with Crippen LogP contribution in [0.2, 0.25) is 0 Å². The molecule has 0 aromatic heterocycles. The van der Waals surface area contributed by atoms with Crippen LogP contribution in [-0.2, 0) is 16.0 Å². The fourth-order valence-corrected chi connectivity index (χ4v) is 2.88. The minimum Gasteiger partial charge on any atom is -0.398 e. The quantitative estimate of drug-likeness (QED) is 0.762. The monoisotopic (exact) mass is 295 g/mol. The molecule has 1 unspecified atom stereocenters. The minimum atomic E-state index is -0.236. The van der Waals surface area contributed by atoms with Gasteiger partial charge in [-0.3, -0.25) is 9.59 Å².